The third-order valence-corrected chi connectivity index (χ3v) is 8.51. The molecule has 1 saturated carbocycles. The first-order valence-corrected chi connectivity index (χ1v) is 13.0. The number of rotatable bonds is 3. The first-order chi connectivity index (χ1) is 17.8. The van der Waals surface area contributed by atoms with E-state index in [2.05, 4.69) is 34.4 Å². The second-order valence-corrected chi connectivity index (χ2v) is 11.5. The molecule has 2 N–H and O–H groups in total. The maximum absolute atomic E-state index is 13.1. The van der Waals surface area contributed by atoms with Crippen molar-refractivity contribution in [2.24, 2.45) is 16.7 Å². The summed E-state index contributed by atoms with van der Waals surface area (Å²) in [6.07, 6.45) is -5.31. The molecule has 1 amide bonds. The summed E-state index contributed by atoms with van der Waals surface area (Å²) in [4.78, 5) is 39.2. The molecule has 3 heterocycles. The number of likely N-dealkylation sites (tertiary alicyclic amines) is 2. The Morgan fingerprint density at radius 2 is 1.51 bits per heavy atom. The van der Waals surface area contributed by atoms with Crippen LogP contribution >= 0.6 is 11.3 Å². The first kappa shape index (κ1) is 32.8. The van der Waals surface area contributed by atoms with Crippen LogP contribution < -0.4 is 0 Å². The van der Waals surface area contributed by atoms with Crippen molar-refractivity contribution >= 4 is 29.2 Å². The summed E-state index contributed by atoms with van der Waals surface area (Å²) < 4.78 is 63.5. The second kappa shape index (κ2) is 12.4. The lowest BCUT2D eigenvalue weighted by Gasteiger charge is -2.44. The highest BCUT2D eigenvalue weighted by Gasteiger charge is 2.64. The predicted molar refractivity (Wildman–Crippen MR) is 130 cm³/mol. The van der Waals surface area contributed by atoms with E-state index in [0.29, 0.717) is 17.2 Å². The number of carboxylic acids is 2. The Labute approximate surface area is 226 Å². The Morgan fingerprint density at radius 3 is 1.92 bits per heavy atom. The van der Waals surface area contributed by atoms with Gasteiger partial charge in [-0.3, -0.25) is 9.69 Å². The van der Waals surface area contributed by atoms with Crippen molar-refractivity contribution in [1.82, 2.24) is 14.7 Å². The molecule has 2 aliphatic heterocycles. The van der Waals surface area contributed by atoms with Crippen LogP contribution in [0.1, 0.15) is 30.6 Å². The molecule has 0 radical (unpaired) electrons. The Balaban J connectivity index is 0.000000317. The van der Waals surface area contributed by atoms with Gasteiger partial charge in [0.25, 0.3) is 0 Å². The lowest BCUT2D eigenvalue weighted by atomic mass is 9.65. The molecule has 1 aromatic heterocycles. The van der Waals surface area contributed by atoms with Crippen LogP contribution in [0.2, 0.25) is 0 Å². The fraction of sp³-hybridized carbons (Fsp3) is 0.708. The molecule has 4 rings (SSSR count). The van der Waals surface area contributed by atoms with Crippen molar-refractivity contribution in [1.29, 1.82) is 0 Å². The van der Waals surface area contributed by atoms with E-state index in [-0.39, 0.29) is 5.41 Å². The van der Waals surface area contributed by atoms with Crippen LogP contribution in [0.4, 0.5) is 26.3 Å². The fourth-order valence-corrected chi connectivity index (χ4v) is 6.72. The molecule has 15 heteroatoms. The summed E-state index contributed by atoms with van der Waals surface area (Å²) in [7, 11) is 6.06. The lowest BCUT2D eigenvalue weighted by molar-refractivity contribution is -0.193. The molecule has 1 spiro atoms. The van der Waals surface area contributed by atoms with Crippen LogP contribution in [0.5, 0.6) is 0 Å². The van der Waals surface area contributed by atoms with Crippen LogP contribution in [0.25, 0.3) is 0 Å². The Bertz CT molecular complexity index is 969. The quantitative estimate of drug-likeness (QED) is 0.514. The number of carbonyl (C=O) groups excluding carboxylic acids is 1. The average Bonchev–Trinajstić information content (AvgIpc) is 3.52. The minimum absolute atomic E-state index is 0.117. The average molecular weight is 590 g/mol. The zero-order valence-electron chi connectivity index (χ0n) is 21.8. The number of piperidine rings is 1. The van der Waals surface area contributed by atoms with Crippen molar-refractivity contribution in [3.63, 3.8) is 0 Å². The van der Waals surface area contributed by atoms with Crippen molar-refractivity contribution in [3.8, 4) is 0 Å². The number of halogens is 6. The van der Waals surface area contributed by atoms with Gasteiger partial charge in [-0.15, -0.1) is 11.3 Å². The number of thiophene rings is 1. The Hall–Kier alpha value is -2.39. The van der Waals surface area contributed by atoms with Crippen LogP contribution in [0.15, 0.2) is 17.5 Å². The van der Waals surface area contributed by atoms with Gasteiger partial charge >= 0.3 is 24.3 Å². The van der Waals surface area contributed by atoms with Gasteiger partial charge in [0.05, 0.1) is 5.41 Å². The number of hydrogen-bond acceptors (Lipinski definition) is 6. The van der Waals surface area contributed by atoms with Crippen molar-refractivity contribution < 1.29 is 50.9 Å². The molecule has 39 heavy (non-hydrogen) atoms. The minimum Gasteiger partial charge on any atom is -0.475 e. The van der Waals surface area contributed by atoms with E-state index in [1.54, 1.807) is 0 Å². The molecule has 1 aliphatic carbocycles. The van der Waals surface area contributed by atoms with Gasteiger partial charge in [-0.2, -0.15) is 26.3 Å². The topological polar surface area (TPSA) is 101 Å². The summed E-state index contributed by atoms with van der Waals surface area (Å²) in [5.41, 5.74) is 0.274. The molecule has 1 aromatic rings. The number of amides is 1. The molecular weight excluding hydrogens is 556 g/mol. The van der Waals surface area contributed by atoms with Gasteiger partial charge in [0, 0.05) is 38.6 Å². The van der Waals surface area contributed by atoms with Crippen LogP contribution in [0, 0.1) is 16.7 Å². The molecule has 3 fully saturated rings. The fourth-order valence-electron chi connectivity index (χ4n) is 5.97. The van der Waals surface area contributed by atoms with E-state index < -0.39 is 24.3 Å². The number of alkyl halides is 6. The summed E-state index contributed by atoms with van der Waals surface area (Å²) in [6.45, 7) is 5.52. The zero-order chi connectivity index (χ0) is 29.8. The van der Waals surface area contributed by atoms with Gasteiger partial charge in [0.1, 0.15) is 0 Å². The number of carbonyl (C=O) groups is 3. The minimum atomic E-state index is -5.08. The Morgan fingerprint density at radius 1 is 1.00 bits per heavy atom. The lowest BCUT2D eigenvalue weighted by Crippen LogP contribution is -2.48. The van der Waals surface area contributed by atoms with Crippen LogP contribution in [0.3, 0.4) is 0 Å². The second-order valence-electron chi connectivity index (χ2n) is 10.4. The first-order valence-electron chi connectivity index (χ1n) is 12.1. The molecule has 8 nitrogen and oxygen atoms in total. The van der Waals surface area contributed by atoms with Gasteiger partial charge in [-0.05, 0) is 68.6 Å². The SMILES string of the molecule is CN1C[C@H]2C3(CCN(Cc4cccs4)CC3)CC[C@@]2(C(=O)N(C)C)C1.O=C(O)C(F)(F)F.O=C(O)C(F)(F)F. The van der Waals surface area contributed by atoms with E-state index in [9.17, 15) is 31.1 Å². The van der Waals surface area contributed by atoms with Crippen molar-refractivity contribution in [2.45, 2.75) is 44.6 Å². The normalized spacial score (nSPS) is 24.7. The van der Waals surface area contributed by atoms with Crippen LogP contribution in [-0.4, -0.2) is 102 Å². The monoisotopic (exact) mass is 589 g/mol. The van der Waals surface area contributed by atoms with Gasteiger partial charge in [-0.25, -0.2) is 9.59 Å². The van der Waals surface area contributed by atoms with E-state index in [4.69, 9.17) is 19.8 Å². The number of nitrogens with zero attached hydrogens (tertiary/aromatic N) is 3. The maximum atomic E-state index is 13.1. The maximum Gasteiger partial charge on any atom is 0.490 e. The van der Waals surface area contributed by atoms with Crippen molar-refractivity contribution in [2.75, 3.05) is 47.3 Å². The van der Waals surface area contributed by atoms with Gasteiger partial charge in [-0.1, -0.05) is 6.07 Å². The van der Waals surface area contributed by atoms with Gasteiger partial charge in [0.15, 0.2) is 0 Å². The van der Waals surface area contributed by atoms with Crippen molar-refractivity contribution in [3.05, 3.63) is 22.4 Å². The highest BCUT2D eigenvalue weighted by atomic mass is 32.1. The standard InChI is InChI=1S/C20H31N3OS.2C2HF3O2/c1-21(2)18(24)20-7-6-19(17(20)14-22(3)15-20)8-10-23(11-9-19)13-16-5-4-12-25-16;2*3-2(4,5)1(6)7/h4-5,12,17H,6-11,13-15H2,1-3H3;2*(H,6,7)/t17-,20+;;/m0../s1. The van der Waals surface area contributed by atoms with Gasteiger partial charge in [0.2, 0.25) is 5.91 Å². The predicted octanol–water partition coefficient (Wildman–Crippen LogP) is 4.03. The largest absolute Gasteiger partial charge is 0.490 e. The summed E-state index contributed by atoms with van der Waals surface area (Å²) >= 11 is 1.86. The smallest absolute Gasteiger partial charge is 0.475 e. The zero-order valence-corrected chi connectivity index (χ0v) is 22.6. The molecule has 222 valence electrons. The van der Waals surface area contributed by atoms with Crippen LogP contribution in [-0.2, 0) is 20.9 Å². The molecule has 0 aromatic carbocycles. The molecule has 2 saturated heterocycles. The van der Waals surface area contributed by atoms with E-state index >= 15 is 0 Å². The molecule has 0 bridgehead atoms. The number of fused-ring (bicyclic) bond motifs is 2. The molecule has 2 atom stereocenters. The molecular formula is C24H33F6N3O5S. The summed E-state index contributed by atoms with van der Waals surface area (Å²) in [6, 6.07) is 4.40. The summed E-state index contributed by atoms with van der Waals surface area (Å²) in [5, 5.41) is 16.4. The third kappa shape index (κ3) is 8.07. The number of aliphatic carboxylic acids is 2. The van der Waals surface area contributed by atoms with E-state index in [0.717, 1.165) is 26.1 Å². The number of hydrogen-bond donors (Lipinski definition) is 2. The third-order valence-electron chi connectivity index (χ3n) is 7.65. The van der Waals surface area contributed by atoms with E-state index in [1.807, 2.05) is 30.3 Å². The highest BCUT2D eigenvalue weighted by Crippen LogP contribution is 2.62. The molecule has 3 aliphatic rings. The molecule has 0 unspecified atom stereocenters. The van der Waals surface area contributed by atoms with Gasteiger partial charge < -0.3 is 20.0 Å². The number of carboxylic acid groups (broad SMARTS) is 2. The Kier molecular flexibility index (Phi) is 10.4. The van der Waals surface area contributed by atoms with E-state index in [1.165, 1.54) is 37.2 Å². The highest BCUT2D eigenvalue weighted by molar-refractivity contribution is 7.09. The summed E-state index contributed by atoms with van der Waals surface area (Å²) in [5.74, 6) is -4.59.